The van der Waals surface area contributed by atoms with E-state index in [0.717, 1.165) is 12.1 Å². The van der Waals surface area contributed by atoms with Crippen molar-refractivity contribution in [2.75, 3.05) is 24.4 Å². The first-order valence-electron chi connectivity index (χ1n) is 10.6. The van der Waals surface area contributed by atoms with Gasteiger partial charge in [-0.15, -0.1) is 13.2 Å². The van der Waals surface area contributed by atoms with Crippen LogP contribution in [0.5, 0.6) is 5.75 Å². The van der Waals surface area contributed by atoms with Gasteiger partial charge in [0.05, 0.1) is 31.5 Å². The van der Waals surface area contributed by atoms with Gasteiger partial charge >= 0.3 is 6.36 Å². The lowest BCUT2D eigenvalue weighted by Crippen LogP contribution is -2.49. The van der Waals surface area contributed by atoms with Gasteiger partial charge in [0.1, 0.15) is 17.4 Å². The molecule has 3 aromatic carbocycles. The Morgan fingerprint density at radius 3 is 2.11 bits per heavy atom. The Kier molecular flexibility index (Phi) is 7.80. The fourth-order valence-electron chi connectivity index (χ4n) is 3.91. The molecule has 0 radical (unpaired) electrons. The van der Waals surface area contributed by atoms with E-state index < -0.39 is 47.3 Å². The van der Waals surface area contributed by atoms with Crippen LogP contribution in [0.3, 0.4) is 0 Å². The van der Waals surface area contributed by atoms with Crippen molar-refractivity contribution in [3.05, 3.63) is 95.6 Å². The minimum Gasteiger partial charge on any atom is -0.573 e. The highest BCUT2D eigenvalue weighted by atomic mass is 32.2. The molecule has 1 N–H and O–H groups in total. The molecule has 2 atom stereocenters. The third-order valence-corrected chi connectivity index (χ3v) is 6.58. The predicted molar refractivity (Wildman–Crippen MR) is 121 cm³/mol. The molecule has 3 aromatic rings. The Hall–Kier alpha value is -2.86. The van der Waals surface area contributed by atoms with Crippen LogP contribution in [-0.2, 0) is 16.3 Å². The largest absolute Gasteiger partial charge is 0.573 e. The number of hydrogen-bond acceptors (Lipinski definition) is 5. The Balaban J connectivity index is 1.50. The smallest absolute Gasteiger partial charge is 0.573 e. The highest BCUT2D eigenvalue weighted by molar-refractivity contribution is 7.90. The minimum absolute atomic E-state index is 0.173. The van der Waals surface area contributed by atoms with Gasteiger partial charge in [0.15, 0.2) is 11.5 Å². The van der Waals surface area contributed by atoms with E-state index in [2.05, 4.69) is 9.46 Å². The molecule has 1 aliphatic rings. The normalized spacial score (nSPS) is 17.9. The average molecular weight is 513 g/mol. The molecule has 4 rings (SSSR count). The van der Waals surface area contributed by atoms with Crippen molar-refractivity contribution >= 4 is 17.2 Å². The summed E-state index contributed by atoms with van der Waals surface area (Å²) < 4.78 is 92.1. The molecule has 1 fully saturated rings. The molecular weight excluding hydrogens is 491 g/mol. The van der Waals surface area contributed by atoms with Crippen molar-refractivity contribution in [2.24, 2.45) is 0 Å². The number of alkyl halides is 3. The van der Waals surface area contributed by atoms with E-state index in [1.807, 2.05) is 0 Å². The fourth-order valence-corrected chi connectivity index (χ4v) is 4.90. The number of anilines is 1. The van der Waals surface area contributed by atoms with Crippen LogP contribution in [0.25, 0.3) is 0 Å². The van der Waals surface area contributed by atoms with E-state index in [1.54, 1.807) is 28.6 Å². The van der Waals surface area contributed by atoms with Gasteiger partial charge in [0.25, 0.3) is 0 Å². The minimum atomic E-state index is -4.81. The maximum absolute atomic E-state index is 14.0. The molecule has 5 nitrogen and oxygen atoms in total. The zero-order valence-electron chi connectivity index (χ0n) is 18.2. The lowest BCUT2D eigenvalue weighted by Gasteiger charge is -2.36. The zero-order valence-corrected chi connectivity index (χ0v) is 19.0. The summed E-state index contributed by atoms with van der Waals surface area (Å²) in [5.74, 6) is -1.81. The number of rotatable bonds is 7. The number of hydrogen-bond donors (Lipinski definition) is 1. The summed E-state index contributed by atoms with van der Waals surface area (Å²) in [5, 5.41) is 0. The van der Waals surface area contributed by atoms with Crippen molar-refractivity contribution in [3.63, 3.8) is 0 Å². The zero-order chi connectivity index (χ0) is 25.0. The quantitative estimate of drug-likeness (QED) is 0.340. The number of benzene rings is 3. The number of ether oxygens (including phenoxy) is 2. The Morgan fingerprint density at radius 2 is 1.57 bits per heavy atom. The Labute approximate surface area is 201 Å². The molecule has 11 heteroatoms. The van der Waals surface area contributed by atoms with Crippen molar-refractivity contribution in [2.45, 2.75) is 18.4 Å². The van der Waals surface area contributed by atoms with Gasteiger partial charge in [0.2, 0.25) is 0 Å². The van der Waals surface area contributed by atoms with Gasteiger partial charge in [0, 0.05) is 5.92 Å². The lowest BCUT2D eigenvalue weighted by atomic mass is 9.86. The van der Waals surface area contributed by atoms with Crippen LogP contribution in [0.2, 0.25) is 0 Å². The van der Waals surface area contributed by atoms with Crippen molar-refractivity contribution in [1.29, 1.82) is 0 Å². The summed E-state index contributed by atoms with van der Waals surface area (Å²) >= 11 is -1.75. The summed E-state index contributed by atoms with van der Waals surface area (Å²) in [6.07, 6.45) is -5.37. The van der Waals surface area contributed by atoms with E-state index in [0.29, 0.717) is 23.4 Å². The molecule has 0 bridgehead atoms. The second-order valence-corrected chi connectivity index (χ2v) is 9.03. The van der Waals surface area contributed by atoms with E-state index >= 15 is 0 Å². The first kappa shape index (κ1) is 25.2. The highest BCUT2D eigenvalue weighted by Gasteiger charge is 2.36. The van der Waals surface area contributed by atoms with E-state index in [9.17, 15) is 26.5 Å². The SMILES string of the molecule is [O-][S+](Nc1ccc(OC(F)(F)F)cc1)N1CCOC(C(c2cccc(F)c2)c2cccc(F)c2)C1. The van der Waals surface area contributed by atoms with Gasteiger partial charge in [-0.1, -0.05) is 28.6 Å². The lowest BCUT2D eigenvalue weighted by molar-refractivity contribution is -0.274. The van der Waals surface area contributed by atoms with Gasteiger partial charge in [-0.2, -0.15) is 4.72 Å². The van der Waals surface area contributed by atoms with E-state index in [1.165, 1.54) is 36.4 Å². The molecule has 35 heavy (non-hydrogen) atoms. The van der Waals surface area contributed by atoms with Gasteiger partial charge in [-0.25, -0.2) is 8.78 Å². The first-order chi connectivity index (χ1) is 16.7. The number of nitrogens with zero attached hydrogens (tertiary/aromatic N) is 1. The van der Waals surface area contributed by atoms with Crippen LogP contribution >= 0.6 is 0 Å². The van der Waals surface area contributed by atoms with E-state index in [4.69, 9.17) is 4.74 Å². The van der Waals surface area contributed by atoms with Crippen molar-refractivity contribution in [1.82, 2.24) is 4.31 Å². The van der Waals surface area contributed by atoms with Crippen LogP contribution in [0, 0.1) is 11.6 Å². The maximum atomic E-state index is 14.0. The summed E-state index contributed by atoms with van der Waals surface area (Å²) in [4.78, 5) is 0. The predicted octanol–water partition coefficient (Wildman–Crippen LogP) is 5.39. The molecule has 1 heterocycles. The second-order valence-electron chi connectivity index (χ2n) is 7.81. The van der Waals surface area contributed by atoms with Crippen LogP contribution < -0.4 is 9.46 Å². The van der Waals surface area contributed by atoms with Gasteiger partial charge < -0.3 is 14.0 Å². The van der Waals surface area contributed by atoms with E-state index in [-0.39, 0.29) is 13.2 Å². The third kappa shape index (κ3) is 6.85. The Morgan fingerprint density at radius 1 is 0.971 bits per heavy atom. The molecule has 0 spiro atoms. The molecule has 0 aliphatic carbocycles. The van der Waals surface area contributed by atoms with Crippen LogP contribution in [0.15, 0.2) is 72.8 Å². The third-order valence-electron chi connectivity index (χ3n) is 5.37. The molecule has 186 valence electrons. The van der Waals surface area contributed by atoms with Crippen LogP contribution in [0.4, 0.5) is 27.6 Å². The summed E-state index contributed by atoms with van der Waals surface area (Å²) in [7, 11) is 0. The number of morpholine rings is 1. The van der Waals surface area contributed by atoms with Gasteiger partial charge in [-0.05, 0) is 59.7 Å². The first-order valence-corrected chi connectivity index (χ1v) is 11.7. The van der Waals surface area contributed by atoms with Crippen LogP contribution in [-0.4, -0.2) is 41.0 Å². The molecule has 0 aromatic heterocycles. The summed E-state index contributed by atoms with van der Waals surface area (Å²) in [5.41, 5.74) is 1.50. The fraction of sp³-hybridized carbons (Fsp3) is 0.250. The topological polar surface area (TPSA) is 56.8 Å². The molecular formula is C24H21F5N2O3S. The van der Waals surface area contributed by atoms with Crippen LogP contribution in [0.1, 0.15) is 17.0 Å². The Bertz CT molecular complexity index is 1090. The molecule has 1 aliphatic heterocycles. The highest BCUT2D eigenvalue weighted by Crippen LogP contribution is 2.33. The average Bonchev–Trinajstić information content (AvgIpc) is 2.80. The second kappa shape index (κ2) is 10.8. The summed E-state index contributed by atoms with van der Waals surface area (Å²) in [6.45, 7) is 0.703. The maximum Gasteiger partial charge on any atom is 0.573 e. The standard InChI is InChI=1S/C24H21F5N2O3S/c25-18-5-1-3-16(13-18)23(17-4-2-6-19(26)14-17)22-15-31(11-12-33-22)35(32)30-20-7-9-21(10-8-20)34-24(27,28)29/h1-10,13-14,22-23,30H,11-12,15H2. The summed E-state index contributed by atoms with van der Waals surface area (Å²) in [6, 6.07) is 16.8. The number of halogens is 5. The molecule has 0 amide bonds. The molecule has 1 saturated heterocycles. The van der Waals surface area contributed by atoms with Crippen molar-refractivity contribution < 1.29 is 36.0 Å². The van der Waals surface area contributed by atoms with Crippen molar-refractivity contribution in [3.8, 4) is 5.75 Å². The molecule has 2 unspecified atom stereocenters. The molecule has 0 saturated carbocycles. The number of nitrogens with one attached hydrogen (secondary N) is 1. The van der Waals surface area contributed by atoms with Gasteiger partial charge in [-0.3, -0.25) is 0 Å². The monoisotopic (exact) mass is 512 g/mol.